The van der Waals surface area contributed by atoms with Crippen molar-refractivity contribution in [2.75, 3.05) is 16.8 Å². The molecule has 80 valence electrons. The first-order valence-electron chi connectivity index (χ1n) is 4.94. The number of carbonyl (C=O) groups is 1. The van der Waals surface area contributed by atoms with Gasteiger partial charge in [-0.05, 0) is 24.3 Å². The molecule has 3 nitrogen and oxygen atoms in total. The average Bonchev–Trinajstić information content (AvgIpc) is 2.69. The summed E-state index contributed by atoms with van der Waals surface area (Å²) in [5.41, 5.74) is 5.87. The molecule has 1 unspecified atom stereocenters. The summed E-state index contributed by atoms with van der Waals surface area (Å²) in [7, 11) is 0. The Labute approximate surface area is 93.4 Å². The van der Waals surface area contributed by atoms with E-state index in [1.807, 2.05) is 30.3 Å². The van der Waals surface area contributed by atoms with Crippen molar-refractivity contribution in [3.63, 3.8) is 0 Å². The highest BCUT2D eigenvalue weighted by Gasteiger charge is 2.39. The van der Waals surface area contributed by atoms with Gasteiger partial charge in [0.05, 0.1) is 0 Å². The zero-order valence-corrected chi connectivity index (χ0v) is 9.22. The largest absolute Gasteiger partial charge is 0.371 e. The van der Waals surface area contributed by atoms with Crippen LogP contribution in [0.5, 0.6) is 0 Å². The van der Waals surface area contributed by atoms with Crippen LogP contribution in [0, 0.1) is 0 Å². The van der Waals surface area contributed by atoms with E-state index in [2.05, 4.69) is 5.32 Å². The van der Waals surface area contributed by atoms with Crippen molar-refractivity contribution < 1.29 is 4.79 Å². The van der Waals surface area contributed by atoms with Gasteiger partial charge >= 0.3 is 0 Å². The summed E-state index contributed by atoms with van der Waals surface area (Å²) in [6, 6.07) is 9.74. The Morgan fingerprint density at radius 2 is 2.13 bits per heavy atom. The van der Waals surface area contributed by atoms with Gasteiger partial charge in [0, 0.05) is 11.4 Å². The van der Waals surface area contributed by atoms with E-state index >= 15 is 0 Å². The lowest BCUT2D eigenvalue weighted by Gasteiger charge is -2.27. The van der Waals surface area contributed by atoms with Crippen molar-refractivity contribution in [1.82, 2.24) is 0 Å². The quantitative estimate of drug-likeness (QED) is 0.814. The van der Waals surface area contributed by atoms with Gasteiger partial charge in [-0.3, -0.25) is 4.79 Å². The number of nitrogens with two attached hydrogens (primary N) is 1. The molecule has 0 saturated carbocycles. The first-order chi connectivity index (χ1) is 7.23. The van der Waals surface area contributed by atoms with Gasteiger partial charge in [-0.25, -0.2) is 0 Å². The van der Waals surface area contributed by atoms with E-state index in [1.54, 1.807) is 11.8 Å². The third kappa shape index (κ3) is 2.09. The Morgan fingerprint density at radius 3 is 2.67 bits per heavy atom. The molecule has 1 aliphatic heterocycles. The van der Waals surface area contributed by atoms with Crippen LogP contribution in [0.1, 0.15) is 6.42 Å². The molecular formula is C11H14N2OS. The number of hydrogen-bond acceptors (Lipinski definition) is 3. The maximum Gasteiger partial charge on any atom is 0.243 e. The number of anilines is 1. The van der Waals surface area contributed by atoms with Crippen molar-refractivity contribution in [1.29, 1.82) is 0 Å². The lowest BCUT2D eigenvalue weighted by molar-refractivity contribution is -0.121. The third-order valence-corrected chi connectivity index (χ3v) is 3.84. The summed E-state index contributed by atoms with van der Waals surface area (Å²) in [5.74, 6) is 1.50. The van der Waals surface area contributed by atoms with Crippen LogP contribution < -0.4 is 11.1 Å². The molecule has 3 N–H and O–H groups in total. The van der Waals surface area contributed by atoms with Crippen LogP contribution >= 0.6 is 11.8 Å². The number of rotatable bonds is 3. The van der Waals surface area contributed by atoms with E-state index < -0.39 is 5.54 Å². The van der Waals surface area contributed by atoms with E-state index in [0.717, 1.165) is 23.6 Å². The minimum atomic E-state index is -0.550. The van der Waals surface area contributed by atoms with Crippen LogP contribution in [0.2, 0.25) is 0 Å². The summed E-state index contributed by atoms with van der Waals surface area (Å²) < 4.78 is 0. The first-order valence-corrected chi connectivity index (χ1v) is 6.09. The molecule has 1 atom stereocenters. The van der Waals surface area contributed by atoms with Crippen molar-refractivity contribution in [3.05, 3.63) is 30.3 Å². The van der Waals surface area contributed by atoms with E-state index in [9.17, 15) is 4.79 Å². The SMILES string of the molecule is NC(=O)C1(Nc2ccccc2)CCSC1. The van der Waals surface area contributed by atoms with Gasteiger partial charge in [0.2, 0.25) is 5.91 Å². The highest BCUT2D eigenvalue weighted by Crippen LogP contribution is 2.31. The molecule has 4 heteroatoms. The lowest BCUT2D eigenvalue weighted by Crippen LogP contribution is -2.50. The Kier molecular flexibility index (Phi) is 2.86. The molecule has 1 aromatic rings. The van der Waals surface area contributed by atoms with Gasteiger partial charge < -0.3 is 11.1 Å². The van der Waals surface area contributed by atoms with Crippen LogP contribution in [0.4, 0.5) is 5.69 Å². The fourth-order valence-corrected chi connectivity index (χ4v) is 3.06. The van der Waals surface area contributed by atoms with E-state index in [1.165, 1.54) is 0 Å². The Hall–Kier alpha value is -1.16. The molecule has 15 heavy (non-hydrogen) atoms. The number of para-hydroxylation sites is 1. The van der Waals surface area contributed by atoms with Crippen LogP contribution in [-0.4, -0.2) is 23.0 Å². The van der Waals surface area contributed by atoms with Crippen molar-refractivity contribution in [2.24, 2.45) is 5.73 Å². The number of hydrogen-bond donors (Lipinski definition) is 2. The number of carbonyl (C=O) groups excluding carboxylic acids is 1. The second-order valence-electron chi connectivity index (χ2n) is 3.74. The van der Waals surface area contributed by atoms with Gasteiger partial charge in [-0.1, -0.05) is 18.2 Å². The zero-order valence-electron chi connectivity index (χ0n) is 8.40. The van der Waals surface area contributed by atoms with Crippen molar-refractivity contribution in [2.45, 2.75) is 12.0 Å². The molecule has 1 saturated heterocycles. The molecule has 1 amide bonds. The van der Waals surface area contributed by atoms with Crippen molar-refractivity contribution in [3.8, 4) is 0 Å². The molecule has 1 aliphatic rings. The monoisotopic (exact) mass is 222 g/mol. The van der Waals surface area contributed by atoms with Gasteiger partial charge in [0.25, 0.3) is 0 Å². The summed E-state index contributed by atoms with van der Waals surface area (Å²) in [6.45, 7) is 0. The fraction of sp³-hybridized carbons (Fsp3) is 0.364. The summed E-state index contributed by atoms with van der Waals surface area (Å²) in [4.78, 5) is 11.5. The van der Waals surface area contributed by atoms with Crippen LogP contribution in [-0.2, 0) is 4.79 Å². The Morgan fingerprint density at radius 1 is 1.40 bits per heavy atom. The maximum atomic E-state index is 11.5. The Bertz CT molecular complexity index is 347. The third-order valence-electron chi connectivity index (χ3n) is 2.65. The van der Waals surface area contributed by atoms with Crippen LogP contribution in [0.25, 0.3) is 0 Å². The molecule has 0 bridgehead atoms. The number of primary amides is 1. The summed E-state index contributed by atoms with van der Waals surface area (Å²) in [5, 5.41) is 3.26. The smallest absolute Gasteiger partial charge is 0.243 e. The second kappa shape index (κ2) is 4.14. The summed E-state index contributed by atoms with van der Waals surface area (Å²) in [6.07, 6.45) is 0.807. The minimum absolute atomic E-state index is 0.253. The molecule has 1 fully saturated rings. The molecule has 0 aliphatic carbocycles. The number of benzene rings is 1. The van der Waals surface area contributed by atoms with Gasteiger partial charge in [0.15, 0.2) is 0 Å². The predicted molar refractivity (Wildman–Crippen MR) is 63.9 cm³/mol. The molecular weight excluding hydrogens is 208 g/mol. The van der Waals surface area contributed by atoms with Gasteiger partial charge in [-0.2, -0.15) is 11.8 Å². The van der Waals surface area contributed by atoms with E-state index in [-0.39, 0.29) is 5.91 Å². The minimum Gasteiger partial charge on any atom is -0.371 e. The first kappa shape index (κ1) is 10.4. The normalized spacial score (nSPS) is 25.1. The van der Waals surface area contributed by atoms with Crippen LogP contribution in [0.15, 0.2) is 30.3 Å². The molecule has 2 rings (SSSR count). The summed E-state index contributed by atoms with van der Waals surface area (Å²) >= 11 is 1.77. The van der Waals surface area contributed by atoms with Gasteiger partial charge in [-0.15, -0.1) is 0 Å². The predicted octanol–water partition coefficient (Wildman–Crippen LogP) is 1.46. The van der Waals surface area contributed by atoms with E-state index in [0.29, 0.717) is 0 Å². The topological polar surface area (TPSA) is 55.1 Å². The molecule has 0 aromatic heterocycles. The number of thioether (sulfide) groups is 1. The Balaban J connectivity index is 2.18. The standard InChI is InChI=1S/C11H14N2OS/c12-10(14)11(6-7-15-8-11)13-9-4-2-1-3-5-9/h1-5,13H,6-8H2,(H2,12,14). The maximum absolute atomic E-state index is 11.5. The highest BCUT2D eigenvalue weighted by molar-refractivity contribution is 7.99. The zero-order chi connectivity index (χ0) is 10.7. The van der Waals surface area contributed by atoms with Gasteiger partial charge in [0.1, 0.15) is 5.54 Å². The fourth-order valence-electron chi connectivity index (χ4n) is 1.72. The number of amides is 1. The molecule has 1 heterocycles. The number of nitrogens with one attached hydrogen (secondary N) is 1. The highest BCUT2D eigenvalue weighted by atomic mass is 32.2. The van der Waals surface area contributed by atoms with Crippen molar-refractivity contribution >= 4 is 23.4 Å². The molecule has 0 radical (unpaired) electrons. The average molecular weight is 222 g/mol. The molecule has 1 aromatic carbocycles. The second-order valence-corrected chi connectivity index (χ2v) is 4.85. The van der Waals surface area contributed by atoms with Crippen LogP contribution in [0.3, 0.4) is 0 Å². The molecule has 0 spiro atoms. The van der Waals surface area contributed by atoms with E-state index in [4.69, 9.17) is 5.73 Å². The lowest BCUT2D eigenvalue weighted by atomic mass is 9.97.